The number of hydrogen-bond acceptors (Lipinski definition) is 2. The van der Waals surface area contributed by atoms with Crippen LogP contribution < -0.4 is 0 Å². The molecule has 4 rings (SSSR count). The van der Waals surface area contributed by atoms with E-state index < -0.39 is 5.60 Å². The van der Waals surface area contributed by atoms with Crippen LogP contribution in [-0.4, -0.2) is 30.1 Å². The summed E-state index contributed by atoms with van der Waals surface area (Å²) in [6.07, 6.45) is 4.13. The number of piperidine rings is 1. The van der Waals surface area contributed by atoms with Gasteiger partial charge in [-0.3, -0.25) is 0 Å². The van der Waals surface area contributed by atoms with Crippen molar-refractivity contribution in [1.29, 1.82) is 0 Å². The first-order chi connectivity index (χ1) is 11.2. The Morgan fingerprint density at radius 2 is 1.35 bits per heavy atom. The van der Waals surface area contributed by atoms with Gasteiger partial charge < -0.3 is 10.0 Å². The standard InChI is InChI=1S/C21H25NO/c1-22-14-12-18(13-15-22)21(23)19-8-4-2-6-16(19)10-11-17-7-3-5-9-20(17)21/h2-9,18,23H,10-15H2,1H3. The summed E-state index contributed by atoms with van der Waals surface area (Å²) in [7, 11) is 2.18. The topological polar surface area (TPSA) is 23.5 Å². The predicted octanol–water partition coefficient (Wildman–Crippen LogP) is 3.36. The van der Waals surface area contributed by atoms with E-state index in [-0.39, 0.29) is 0 Å². The number of aryl methyl sites for hydroxylation is 2. The molecule has 120 valence electrons. The van der Waals surface area contributed by atoms with E-state index in [2.05, 4.69) is 60.5 Å². The van der Waals surface area contributed by atoms with Crippen molar-refractivity contribution in [3.63, 3.8) is 0 Å². The molecule has 1 aliphatic heterocycles. The molecule has 1 saturated heterocycles. The Kier molecular flexibility index (Phi) is 3.74. The number of fused-ring (bicyclic) bond motifs is 2. The zero-order valence-corrected chi connectivity index (χ0v) is 13.8. The van der Waals surface area contributed by atoms with Crippen molar-refractivity contribution in [2.75, 3.05) is 20.1 Å². The molecule has 0 unspecified atom stereocenters. The average Bonchev–Trinajstić information content (AvgIpc) is 2.72. The van der Waals surface area contributed by atoms with Crippen LogP contribution in [0.15, 0.2) is 48.5 Å². The summed E-state index contributed by atoms with van der Waals surface area (Å²) in [5.41, 5.74) is 4.06. The Morgan fingerprint density at radius 3 is 1.87 bits per heavy atom. The van der Waals surface area contributed by atoms with E-state index in [1.807, 2.05) is 0 Å². The zero-order chi connectivity index (χ0) is 15.9. The van der Waals surface area contributed by atoms with Gasteiger partial charge in [-0.25, -0.2) is 0 Å². The minimum Gasteiger partial charge on any atom is -0.380 e. The van der Waals surface area contributed by atoms with Crippen molar-refractivity contribution in [2.24, 2.45) is 5.92 Å². The summed E-state index contributed by atoms with van der Waals surface area (Å²) in [6, 6.07) is 17.0. The average molecular weight is 307 g/mol. The van der Waals surface area contributed by atoms with Crippen molar-refractivity contribution in [1.82, 2.24) is 4.90 Å². The monoisotopic (exact) mass is 307 g/mol. The molecule has 23 heavy (non-hydrogen) atoms. The van der Waals surface area contributed by atoms with Gasteiger partial charge in [0.25, 0.3) is 0 Å². The molecule has 0 radical (unpaired) electrons. The highest BCUT2D eigenvalue weighted by Crippen LogP contribution is 2.46. The van der Waals surface area contributed by atoms with Crippen LogP contribution in [0.3, 0.4) is 0 Å². The maximum Gasteiger partial charge on any atom is 0.118 e. The van der Waals surface area contributed by atoms with Gasteiger partial charge in [0.2, 0.25) is 0 Å². The summed E-state index contributed by atoms with van der Waals surface area (Å²) < 4.78 is 0. The first-order valence-electron chi connectivity index (χ1n) is 8.77. The highest BCUT2D eigenvalue weighted by atomic mass is 16.3. The van der Waals surface area contributed by atoms with Gasteiger partial charge in [-0.1, -0.05) is 48.5 Å². The number of hydrogen-bond donors (Lipinski definition) is 1. The molecule has 0 spiro atoms. The van der Waals surface area contributed by atoms with Gasteiger partial charge in [0.05, 0.1) is 0 Å². The number of likely N-dealkylation sites (tertiary alicyclic amines) is 1. The minimum atomic E-state index is -0.842. The fourth-order valence-electron chi connectivity index (χ4n) is 4.50. The molecule has 2 nitrogen and oxygen atoms in total. The second-order valence-corrected chi connectivity index (χ2v) is 7.16. The highest BCUT2D eigenvalue weighted by Gasteiger charge is 2.44. The van der Waals surface area contributed by atoms with E-state index in [4.69, 9.17) is 0 Å². The van der Waals surface area contributed by atoms with Crippen LogP contribution in [-0.2, 0) is 18.4 Å². The van der Waals surface area contributed by atoms with Crippen LogP contribution in [0.25, 0.3) is 0 Å². The largest absolute Gasteiger partial charge is 0.380 e. The maximum atomic E-state index is 12.0. The molecule has 1 fully saturated rings. The molecule has 2 aliphatic rings. The van der Waals surface area contributed by atoms with Crippen LogP contribution in [0.1, 0.15) is 35.1 Å². The van der Waals surface area contributed by atoms with E-state index in [0.29, 0.717) is 5.92 Å². The van der Waals surface area contributed by atoms with Gasteiger partial charge in [-0.2, -0.15) is 0 Å². The fourth-order valence-corrected chi connectivity index (χ4v) is 4.50. The molecule has 2 aromatic carbocycles. The second kappa shape index (κ2) is 5.77. The zero-order valence-electron chi connectivity index (χ0n) is 13.8. The summed E-state index contributed by atoms with van der Waals surface area (Å²) in [6.45, 7) is 2.13. The Balaban J connectivity index is 1.89. The lowest BCUT2D eigenvalue weighted by Crippen LogP contribution is -2.43. The molecule has 1 aliphatic carbocycles. The van der Waals surface area contributed by atoms with Crippen molar-refractivity contribution >= 4 is 0 Å². The lowest BCUT2D eigenvalue weighted by atomic mass is 9.70. The highest BCUT2D eigenvalue weighted by molar-refractivity contribution is 5.48. The van der Waals surface area contributed by atoms with Gasteiger partial charge >= 0.3 is 0 Å². The van der Waals surface area contributed by atoms with Gasteiger partial charge in [-0.15, -0.1) is 0 Å². The van der Waals surface area contributed by atoms with E-state index in [9.17, 15) is 5.11 Å². The Labute approximate surface area is 138 Å². The SMILES string of the molecule is CN1CCC(C2(O)c3ccccc3CCc3ccccc32)CC1. The smallest absolute Gasteiger partial charge is 0.118 e. The summed E-state index contributed by atoms with van der Waals surface area (Å²) in [4.78, 5) is 2.37. The Hall–Kier alpha value is -1.64. The number of aliphatic hydroxyl groups is 1. The number of rotatable bonds is 1. The molecule has 2 aromatic rings. The first kappa shape index (κ1) is 14.9. The maximum absolute atomic E-state index is 12.0. The minimum absolute atomic E-state index is 0.291. The summed E-state index contributed by atoms with van der Waals surface area (Å²) in [5, 5.41) is 12.0. The lowest BCUT2D eigenvalue weighted by Gasteiger charge is -2.42. The van der Waals surface area contributed by atoms with Crippen molar-refractivity contribution in [3.05, 3.63) is 70.8 Å². The van der Waals surface area contributed by atoms with Crippen LogP contribution in [0, 0.1) is 5.92 Å². The first-order valence-corrected chi connectivity index (χ1v) is 8.77. The molecule has 1 N–H and O–H groups in total. The molecule has 0 atom stereocenters. The Bertz CT molecular complexity index is 653. The third-order valence-corrected chi connectivity index (χ3v) is 5.83. The summed E-state index contributed by atoms with van der Waals surface area (Å²) >= 11 is 0. The summed E-state index contributed by atoms with van der Waals surface area (Å²) in [5.74, 6) is 0.291. The van der Waals surface area contributed by atoms with E-state index in [0.717, 1.165) is 49.9 Å². The van der Waals surface area contributed by atoms with Crippen LogP contribution in [0.5, 0.6) is 0 Å². The van der Waals surface area contributed by atoms with Crippen LogP contribution in [0.2, 0.25) is 0 Å². The molecule has 0 saturated carbocycles. The molecule has 0 amide bonds. The predicted molar refractivity (Wildman–Crippen MR) is 93.5 cm³/mol. The number of nitrogens with zero attached hydrogens (tertiary/aromatic N) is 1. The molecule has 0 bridgehead atoms. The van der Waals surface area contributed by atoms with Crippen LogP contribution >= 0.6 is 0 Å². The fraction of sp³-hybridized carbons (Fsp3) is 0.429. The quantitative estimate of drug-likeness (QED) is 0.873. The molecule has 1 heterocycles. The normalized spacial score (nSPS) is 21.3. The Morgan fingerprint density at radius 1 is 0.870 bits per heavy atom. The lowest BCUT2D eigenvalue weighted by molar-refractivity contribution is -0.0113. The second-order valence-electron chi connectivity index (χ2n) is 7.16. The van der Waals surface area contributed by atoms with Gasteiger partial charge in [0, 0.05) is 0 Å². The molecular formula is C21H25NO. The van der Waals surface area contributed by atoms with Crippen molar-refractivity contribution < 1.29 is 5.11 Å². The third-order valence-electron chi connectivity index (χ3n) is 5.83. The molecule has 2 heteroatoms. The van der Waals surface area contributed by atoms with E-state index in [1.54, 1.807) is 0 Å². The molecule has 0 aromatic heterocycles. The van der Waals surface area contributed by atoms with Gasteiger partial charge in [0.1, 0.15) is 5.60 Å². The van der Waals surface area contributed by atoms with E-state index in [1.165, 1.54) is 11.1 Å². The van der Waals surface area contributed by atoms with Crippen LogP contribution in [0.4, 0.5) is 0 Å². The van der Waals surface area contributed by atoms with Crippen molar-refractivity contribution in [2.45, 2.75) is 31.3 Å². The van der Waals surface area contributed by atoms with E-state index >= 15 is 0 Å². The third kappa shape index (κ3) is 2.41. The number of benzene rings is 2. The molecular weight excluding hydrogens is 282 g/mol. The van der Waals surface area contributed by atoms with Gasteiger partial charge in [-0.05, 0) is 74.0 Å². The van der Waals surface area contributed by atoms with Crippen molar-refractivity contribution in [3.8, 4) is 0 Å². The van der Waals surface area contributed by atoms with Gasteiger partial charge in [0.15, 0.2) is 0 Å².